The summed E-state index contributed by atoms with van der Waals surface area (Å²) in [5.74, 6) is 2.22. The van der Waals surface area contributed by atoms with Crippen LogP contribution in [0.15, 0.2) is 36.4 Å². The summed E-state index contributed by atoms with van der Waals surface area (Å²) < 4.78 is 11.8. The molecule has 0 amide bonds. The van der Waals surface area contributed by atoms with E-state index in [1.807, 2.05) is 24.3 Å². The van der Waals surface area contributed by atoms with Crippen molar-refractivity contribution in [2.24, 2.45) is 0 Å². The molecule has 0 radical (unpaired) electrons. The van der Waals surface area contributed by atoms with Crippen LogP contribution in [0, 0.1) is 3.57 Å². The first-order chi connectivity index (χ1) is 9.71. The van der Waals surface area contributed by atoms with Gasteiger partial charge in [-0.25, -0.2) is 4.98 Å². The lowest BCUT2D eigenvalue weighted by Gasteiger charge is -2.06. The van der Waals surface area contributed by atoms with Gasteiger partial charge in [-0.2, -0.15) is 0 Å². The minimum Gasteiger partial charge on any atom is -0.493 e. The van der Waals surface area contributed by atoms with Gasteiger partial charge in [-0.1, -0.05) is 12.1 Å². The number of nitrogens with zero attached hydrogens (tertiary/aromatic N) is 1. The largest absolute Gasteiger partial charge is 0.493 e. The maximum atomic E-state index is 5.30. The van der Waals surface area contributed by atoms with Crippen molar-refractivity contribution in [3.63, 3.8) is 0 Å². The van der Waals surface area contributed by atoms with Crippen molar-refractivity contribution in [1.82, 2.24) is 9.97 Å². The normalized spacial score (nSPS) is 10.8. The van der Waals surface area contributed by atoms with E-state index in [1.54, 1.807) is 14.2 Å². The number of nitrogens with one attached hydrogen (secondary N) is 1. The highest BCUT2D eigenvalue weighted by atomic mass is 127. The number of aromatic amines is 1. The molecule has 0 aliphatic carbocycles. The molecule has 0 bridgehead atoms. The minimum atomic E-state index is 0.681. The van der Waals surface area contributed by atoms with Crippen molar-refractivity contribution in [1.29, 1.82) is 0 Å². The first-order valence-electron chi connectivity index (χ1n) is 6.09. The number of rotatable bonds is 3. The van der Waals surface area contributed by atoms with Crippen LogP contribution in [0.1, 0.15) is 0 Å². The Balaban J connectivity index is 2.15. The lowest BCUT2D eigenvalue weighted by atomic mass is 10.2. The van der Waals surface area contributed by atoms with Crippen molar-refractivity contribution < 1.29 is 9.47 Å². The average molecular weight is 380 g/mol. The number of H-pyrrole nitrogens is 1. The van der Waals surface area contributed by atoms with Crippen LogP contribution in [0.2, 0.25) is 0 Å². The zero-order valence-electron chi connectivity index (χ0n) is 11.1. The van der Waals surface area contributed by atoms with Crippen molar-refractivity contribution in [3.8, 4) is 22.9 Å². The van der Waals surface area contributed by atoms with Gasteiger partial charge in [0.1, 0.15) is 5.82 Å². The number of methoxy groups -OCH3 is 2. The highest BCUT2D eigenvalue weighted by molar-refractivity contribution is 14.1. The molecule has 0 aliphatic rings. The molecule has 20 heavy (non-hydrogen) atoms. The Labute approximate surface area is 130 Å². The molecular weight excluding hydrogens is 367 g/mol. The van der Waals surface area contributed by atoms with Gasteiger partial charge >= 0.3 is 0 Å². The van der Waals surface area contributed by atoms with Gasteiger partial charge < -0.3 is 14.5 Å². The Kier molecular flexibility index (Phi) is 3.52. The average Bonchev–Trinajstić information content (AvgIpc) is 2.88. The van der Waals surface area contributed by atoms with Gasteiger partial charge in [0.15, 0.2) is 11.5 Å². The van der Waals surface area contributed by atoms with E-state index in [1.165, 1.54) is 3.57 Å². The van der Waals surface area contributed by atoms with Gasteiger partial charge in [0.2, 0.25) is 0 Å². The Morgan fingerprint density at radius 1 is 1.05 bits per heavy atom. The number of imidazole rings is 1. The fraction of sp³-hybridized carbons (Fsp3) is 0.133. The monoisotopic (exact) mass is 380 g/mol. The van der Waals surface area contributed by atoms with E-state index in [-0.39, 0.29) is 0 Å². The molecular formula is C15H13IN2O2. The van der Waals surface area contributed by atoms with Crippen LogP contribution in [-0.2, 0) is 0 Å². The molecule has 0 fully saturated rings. The van der Waals surface area contributed by atoms with Crippen LogP contribution in [-0.4, -0.2) is 24.2 Å². The molecule has 0 unspecified atom stereocenters. The van der Waals surface area contributed by atoms with Crippen LogP contribution >= 0.6 is 22.6 Å². The predicted octanol–water partition coefficient (Wildman–Crippen LogP) is 3.85. The van der Waals surface area contributed by atoms with Gasteiger partial charge in [-0.05, 0) is 34.7 Å². The number of ether oxygens (including phenoxy) is 2. The molecule has 3 aromatic rings. The van der Waals surface area contributed by atoms with E-state index in [0.29, 0.717) is 11.5 Å². The lowest BCUT2D eigenvalue weighted by Crippen LogP contribution is -1.89. The summed E-state index contributed by atoms with van der Waals surface area (Å²) in [6.45, 7) is 0. The van der Waals surface area contributed by atoms with E-state index < -0.39 is 0 Å². The van der Waals surface area contributed by atoms with Crippen LogP contribution in [0.3, 0.4) is 0 Å². The first kappa shape index (κ1) is 13.2. The van der Waals surface area contributed by atoms with Crippen molar-refractivity contribution in [3.05, 3.63) is 40.0 Å². The predicted molar refractivity (Wildman–Crippen MR) is 87.4 cm³/mol. The van der Waals surface area contributed by atoms with E-state index in [2.05, 4.69) is 44.7 Å². The number of benzene rings is 2. The number of hydrogen-bond acceptors (Lipinski definition) is 3. The quantitative estimate of drug-likeness (QED) is 0.703. The summed E-state index contributed by atoms with van der Waals surface area (Å²) in [6.07, 6.45) is 0. The maximum absolute atomic E-state index is 5.30. The molecule has 0 saturated carbocycles. The fourth-order valence-corrected chi connectivity index (χ4v) is 2.65. The third kappa shape index (κ3) is 2.33. The Hall–Kier alpha value is -1.76. The topological polar surface area (TPSA) is 47.1 Å². The summed E-state index contributed by atoms with van der Waals surface area (Å²) in [5.41, 5.74) is 2.85. The minimum absolute atomic E-state index is 0.681. The van der Waals surface area contributed by atoms with E-state index in [9.17, 15) is 0 Å². The molecule has 2 aromatic carbocycles. The second-order valence-electron chi connectivity index (χ2n) is 4.32. The van der Waals surface area contributed by atoms with Crippen LogP contribution in [0.25, 0.3) is 22.4 Å². The third-order valence-corrected chi connectivity index (χ3v) is 3.76. The molecule has 5 heteroatoms. The number of fused-ring (bicyclic) bond motifs is 1. The summed E-state index contributed by atoms with van der Waals surface area (Å²) in [6, 6.07) is 12.0. The fourth-order valence-electron chi connectivity index (χ4n) is 2.11. The standard InChI is InChI=1S/C15H13IN2O2/c1-19-13-7-11-12(8-14(13)20-2)18-15(17-11)9-4-3-5-10(16)6-9/h3-8H,1-2H3,(H,17,18). The molecule has 1 heterocycles. The summed E-state index contributed by atoms with van der Waals surface area (Å²) in [7, 11) is 3.25. The van der Waals surface area contributed by atoms with Gasteiger partial charge in [0.05, 0.1) is 25.3 Å². The summed E-state index contributed by atoms with van der Waals surface area (Å²) >= 11 is 2.29. The Morgan fingerprint density at radius 2 is 1.80 bits per heavy atom. The van der Waals surface area contributed by atoms with Crippen molar-refractivity contribution in [2.75, 3.05) is 14.2 Å². The maximum Gasteiger partial charge on any atom is 0.163 e. The summed E-state index contributed by atoms with van der Waals surface area (Å²) in [5, 5.41) is 0. The third-order valence-electron chi connectivity index (χ3n) is 3.09. The van der Waals surface area contributed by atoms with Crippen molar-refractivity contribution >= 4 is 33.6 Å². The smallest absolute Gasteiger partial charge is 0.163 e. The van der Waals surface area contributed by atoms with E-state index in [0.717, 1.165) is 22.4 Å². The molecule has 102 valence electrons. The zero-order chi connectivity index (χ0) is 14.1. The Morgan fingerprint density at radius 3 is 2.50 bits per heavy atom. The van der Waals surface area contributed by atoms with Crippen LogP contribution in [0.4, 0.5) is 0 Å². The molecule has 0 saturated heterocycles. The van der Waals surface area contributed by atoms with E-state index in [4.69, 9.17) is 9.47 Å². The SMILES string of the molecule is COc1cc2nc(-c3cccc(I)c3)[nH]c2cc1OC. The number of aromatic nitrogens is 2. The second-order valence-corrected chi connectivity index (χ2v) is 5.57. The van der Waals surface area contributed by atoms with E-state index >= 15 is 0 Å². The molecule has 1 N–H and O–H groups in total. The Bertz CT molecular complexity index is 727. The first-order valence-corrected chi connectivity index (χ1v) is 7.17. The van der Waals surface area contributed by atoms with Crippen LogP contribution < -0.4 is 9.47 Å². The van der Waals surface area contributed by atoms with Gasteiger partial charge in [0.25, 0.3) is 0 Å². The van der Waals surface area contributed by atoms with Gasteiger partial charge in [-0.15, -0.1) is 0 Å². The lowest BCUT2D eigenvalue weighted by molar-refractivity contribution is 0.356. The zero-order valence-corrected chi connectivity index (χ0v) is 13.3. The number of hydrogen-bond donors (Lipinski definition) is 1. The highest BCUT2D eigenvalue weighted by Gasteiger charge is 2.11. The molecule has 0 aliphatic heterocycles. The van der Waals surface area contributed by atoms with Crippen LogP contribution in [0.5, 0.6) is 11.5 Å². The number of halogens is 1. The van der Waals surface area contributed by atoms with Gasteiger partial charge in [-0.3, -0.25) is 0 Å². The molecule has 0 spiro atoms. The summed E-state index contributed by atoms with van der Waals surface area (Å²) in [4.78, 5) is 7.93. The molecule has 4 nitrogen and oxygen atoms in total. The van der Waals surface area contributed by atoms with Gasteiger partial charge in [0, 0.05) is 21.3 Å². The molecule has 1 aromatic heterocycles. The van der Waals surface area contributed by atoms with Crippen molar-refractivity contribution in [2.45, 2.75) is 0 Å². The molecule has 0 atom stereocenters. The molecule has 3 rings (SSSR count). The second kappa shape index (κ2) is 5.32. The highest BCUT2D eigenvalue weighted by Crippen LogP contribution is 2.32.